The van der Waals surface area contributed by atoms with Gasteiger partial charge < -0.3 is 9.64 Å². The molecular formula is C15H24N2O3S. The fourth-order valence-electron chi connectivity index (χ4n) is 2.64. The Morgan fingerprint density at radius 2 is 1.86 bits per heavy atom. The molecular weight excluding hydrogens is 288 g/mol. The molecule has 0 amide bonds. The summed E-state index contributed by atoms with van der Waals surface area (Å²) in [5, 5.41) is 0. The van der Waals surface area contributed by atoms with Gasteiger partial charge in [-0.2, -0.15) is 4.31 Å². The van der Waals surface area contributed by atoms with Gasteiger partial charge in [0.05, 0.1) is 18.6 Å². The van der Waals surface area contributed by atoms with Crippen LogP contribution in [0.1, 0.15) is 18.9 Å². The lowest BCUT2D eigenvalue weighted by atomic mass is 10.1. The summed E-state index contributed by atoms with van der Waals surface area (Å²) in [5.41, 5.74) is 2.22. The van der Waals surface area contributed by atoms with Crippen LogP contribution in [0, 0.1) is 6.92 Å². The van der Waals surface area contributed by atoms with Crippen LogP contribution in [0.2, 0.25) is 0 Å². The number of benzene rings is 1. The molecule has 1 heterocycles. The average molecular weight is 312 g/mol. The Bertz CT molecular complexity index is 579. The summed E-state index contributed by atoms with van der Waals surface area (Å²) in [5.74, 6) is 1.08. The standard InChI is InChI=1S/C15H24N2O3S/c1-4-11-21(18,19)17-9-7-16(8-10-17)14-12-13(2)5-6-15(14)20-3/h5-6,12H,4,7-11H2,1-3H3. The van der Waals surface area contributed by atoms with E-state index in [0.717, 1.165) is 11.4 Å². The summed E-state index contributed by atoms with van der Waals surface area (Å²) >= 11 is 0. The molecule has 0 aliphatic carbocycles. The first-order valence-corrected chi connectivity index (χ1v) is 8.96. The minimum absolute atomic E-state index is 0.237. The second kappa shape index (κ2) is 6.66. The van der Waals surface area contributed by atoms with E-state index in [1.54, 1.807) is 11.4 Å². The van der Waals surface area contributed by atoms with Crippen LogP contribution in [-0.2, 0) is 10.0 Å². The van der Waals surface area contributed by atoms with Gasteiger partial charge in [-0.25, -0.2) is 8.42 Å². The number of nitrogens with zero attached hydrogens (tertiary/aromatic N) is 2. The molecule has 0 radical (unpaired) electrons. The van der Waals surface area contributed by atoms with Crippen LogP contribution < -0.4 is 9.64 Å². The predicted molar refractivity (Wildman–Crippen MR) is 85.6 cm³/mol. The van der Waals surface area contributed by atoms with Gasteiger partial charge >= 0.3 is 0 Å². The van der Waals surface area contributed by atoms with E-state index in [9.17, 15) is 8.42 Å². The number of methoxy groups -OCH3 is 1. The van der Waals surface area contributed by atoms with E-state index in [0.29, 0.717) is 32.6 Å². The van der Waals surface area contributed by atoms with Crippen molar-refractivity contribution in [1.82, 2.24) is 4.31 Å². The molecule has 118 valence electrons. The van der Waals surface area contributed by atoms with Gasteiger partial charge in [-0.05, 0) is 31.0 Å². The molecule has 0 N–H and O–H groups in total. The molecule has 6 heteroatoms. The molecule has 0 aromatic heterocycles. The molecule has 0 bridgehead atoms. The third kappa shape index (κ3) is 3.68. The van der Waals surface area contributed by atoms with E-state index in [1.807, 2.05) is 26.0 Å². The van der Waals surface area contributed by atoms with Crippen LogP contribution in [0.5, 0.6) is 5.75 Å². The minimum atomic E-state index is -3.09. The Labute approximate surface area is 127 Å². The van der Waals surface area contributed by atoms with Crippen molar-refractivity contribution in [2.45, 2.75) is 20.3 Å². The maximum absolute atomic E-state index is 12.1. The summed E-state index contributed by atoms with van der Waals surface area (Å²) in [6.07, 6.45) is 0.661. The summed E-state index contributed by atoms with van der Waals surface area (Å²) in [6.45, 7) is 6.42. The quantitative estimate of drug-likeness (QED) is 0.833. The first-order valence-electron chi connectivity index (χ1n) is 7.35. The molecule has 1 aromatic rings. The first kappa shape index (κ1) is 16.1. The lowest BCUT2D eigenvalue weighted by molar-refractivity contribution is 0.378. The zero-order chi connectivity index (χ0) is 15.5. The number of sulfonamides is 1. The highest BCUT2D eigenvalue weighted by molar-refractivity contribution is 7.89. The molecule has 0 unspecified atom stereocenters. The van der Waals surface area contributed by atoms with E-state index < -0.39 is 10.0 Å². The number of aryl methyl sites for hydroxylation is 1. The maximum atomic E-state index is 12.1. The van der Waals surface area contributed by atoms with Gasteiger partial charge in [0.2, 0.25) is 10.0 Å². The number of hydrogen-bond acceptors (Lipinski definition) is 4. The predicted octanol–water partition coefficient (Wildman–Crippen LogP) is 1.87. The summed E-state index contributed by atoms with van der Waals surface area (Å²) < 4.78 is 31.2. The lowest BCUT2D eigenvalue weighted by Crippen LogP contribution is -2.49. The van der Waals surface area contributed by atoms with Gasteiger partial charge in [0.25, 0.3) is 0 Å². The van der Waals surface area contributed by atoms with Crippen molar-refractivity contribution in [3.63, 3.8) is 0 Å². The Morgan fingerprint density at radius 3 is 2.43 bits per heavy atom. The van der Waals surface area contributed by atoms with Crippen LogP contribution >= 0.6 is 0 Å². The van der Waals surface area contributed by atoms with Gasteiger partial charge in [0.1, 0.15) is 5.75 Å². The largest absolute Gasteiger partial charge is 0.495 e. The van der Waals surface area contributed by atoms with Crippen molar-refractivity contribution in [3.05, 3.63) is 23.8 Å². The van der Waals surface area contributed by atoms with E-state index in [-0.39, 0.29) is 5.75 Å². The van der Waals surface area contributed by atoms with E-state index >= 15 is 0 Å². The summed E-state index contributed by atoms with van der Waals surface area (Å²) in [6, 6.07) is 6.07. The smallest absolute Gasteiger partial charge is 0.214 e. The van der Waals surface area contributed by atoms with Gasteiger partial charge in [-0.15, -0.1) is 0 Å². The zero-order valence-electron chi connectivity index (χ0n) is 13.0. The highest BCUT2D eigenvalue weighted by atomic mass is 32.2. The van der Waals surface area contributed by atoms with Crippen molar-refractivity contribution in [1.29, 1.82) is 0 Å². The molecule has 1 aliphatic rings. The molecule has 0 atom stereocenters. The highest BCUT2D eigenvalue weighted by Crippen LogP contribution is 2.30. The molecule has 1 saturated heterocycles. The number of hydrogen-bond donors (Lipinski definition) is 0. The molecule has 0 spiro atoms. The lowest BCUT2D eigenvalue weighted by Gasteiger charge is -2.36. The van der Waals surface area contributed by atoms with Crippen LogP contribution in [0.3, 0.4) is 0 Å². The molecule has 1 fully saturated rings. The summed E-state index contributed by atoms with van der Waals surface area (Å²) in [7, 11) is -1.42. The second-order valence-electron chi connectivity index (χ2n) is 5.38. The molecule has 21 heavy (non-hydrogen) atoms. The number of piperazine rings is 1. The van der Waals surface area contributed by atoms with Crippen LogP contribution in [-0.4, -0.2) is 51.8 Å². The van der Waals surface area contributed by atoms with Crippen molar-refractivity contribution < 1.29 is 13.2 Å². The maximum Gasteiger partial charge on any atom is 0.214 e. The van der Waals surface area contributed by atoms with Crippen molar-refractivity contribution in [2.24, 2.45) is 0 Å². The fourth-order valence-corrected chi connectivity index (χ4v) is 4.14. The topological polar surface area (TPSA) is 49.9 Å². The second-order valence-corrected chi connectivity index (χ2v) is 7.47. The third-order valence-electron chi connectivity index (χ3n) is 3.77. The number of rotatable bonds is 5. The fraction of sp³-hybridized carbons (Fsp3) is 0.600. The number of anilines is 1. The van der Waals surface area contributed by atoms with Crippen molar-refractivity contribution in [2.75, 3.05) is 43.9 Å². The van der Waals surface area contributed by atoms with E-state index in [2.05, 4.69) is 11.0 Å². The molecule has 2 rings (SSSR count). The van der Waals surface area contributed by atoms with Gasteiger partial charge in [-0.1, -0.05) is 13.0 Å². The molecule has 0 saturated carbocycles. The van der Waals surface area contributed by atoms with Crippen molar-refractivity contribution in [3.8, 4) is 5.75 Å². The average Bonchev–Trinajstić information content (AvgIpc) is 2.47. The van der Waals surface area contributed by atoms with E-state index in [4.69, 9.17) is 4.74 Å². The Kier molecular flexibility index (Phi) is 5.11. The SMILES string of the molecule is CCCS(=O)(=O)N1CCN(c2cc(C)ccc2OC)CC1. The molecule has 1 aliphatic heterocycles. The third-order valence-corrected chi connectivity index (χ3v) is 5.85. The van der Waals surface area contributed by atoms with Gasteiger partial charge in [0.15, 0.2) is 0 Å². The van der Waals surface area contributed by atoms with Gasteiger partial charge in [0, 0.05) is 26.2 Å². The Hall–Kier alpha value is -1.27. The first-order chi connectivity index (χ1) is 9.97. The summed E-state index contributed by atoms with van der Waals surface area (Å²) in [4.78, 5) is 2.20. The minimum Gasteiger partial charge on any atom is -0.495 e. The highest BCUT2D eigenvalue weighted by Gasteiger charge is 2.27. The Balaban J connectivity index is 2.09. The molecule has 1 aromatic carbocycles. The van der Waals surface area contributed by atoms with Crippen LogP contribution in [0.15, 0.2) is 18.2 Å². The Morgan fingerprint density at radius 1 is 1.19 bits per heavy atom. The molecule has 5 nitrogen and oxygen atoms in total. The normalized spacial score (nSPS) is 17.0. The van der Waals surface area contributed by atoms with Gasteiger partial charge in [-0.3, -0.25) is 0 Å². The van der Waals surface area contributed by atoms with Crippen LogP contribution in [0.4, 0.5) is 5.69 Å². The monoisotopic (exact) mass is 312 g/mol. The van der Waals surface area contributed by atoms with E-state index in [1.165, 1.54) is 5.56 Å². The zero-order valence-corrected chi connectivity index (χ0v) is 13.8. The van der Waals surface area contributed by atoms with Crippen molar-refractivity contribution >= 4 is 15.7 Å². The van der Waals surface area contributed by atoms with Crippen LogP contribution in [0.25, 0.3) is 0 Å². The number of ether oxygens (including phenoxy) is 1.